The lowest BCUT2D eigenvalue weighted by Crippen LogP contribution is -2.28. The van der Waals surface area contributed by atoms with Crippen LogP contribution in [0.15, 0.2) is 30.5 Å². The molecule has 1 aromatic heterocycles. The van der Waals surface area contributed by atoms with Crippen LogP contribution in [0.1, 0.15) is 12.8 Å². The maximum Gasteiger partial charge on any atom is 0.136 e. The minimum atomic E-state index is 0.381. The average Bonchev–Trinajstić information content (AvgIpc) is 3.09. The molecule has 2 saturated heterocycles. The van der Waals surface area contributed by atoms with E-state index in [-0.39, 0.29) is 0 Å². The molecule has 0 aliphatic carbocycles. The molecule has 2 aromatic rings. The van der Waals surface area contributed by atoms with Gasteiger partial charge in [-0.05, 0) is 59.0 Å². The van der Waals surface area contributed by atoms with E-state index in [4.69, 9.17) is 4.74 Å². The molecule has 1 unspecified atom stereocenters. The van der Waals surface area contributed by atoms with Gasteiger partial charge in [0.05, 0.1) is 6.61 Å². The number of aromatic nitrogens is 1. The van der Waals surface area contributed by atoms with Crippen LogP contribution in [0.25, 0.3) is 10.8 Å². The molecular formula is C16H17IN2O. The number of nitrogens with zero attached hydrogens (tertiary/aromatic N) is 2. The molecule has 4 heteroatoms. The highest BCUT2D eigenvalue weighted by Crippen LogP contribution is 2.40. The second-order valence-electron chi connectivity index (χ2n) is 5.97. The second-order valence-corrected chi connectivity index (χ2v) is 7.22. The number of fused-ring (bicyclic) bond motifs is 1. The van der Waals surface area contributed by atoms with Crippen LogP contribution < -0.4 is 4.90 Å². The van der Waals surface area contributed by atoms with E-state index < -0.39 is 0 Å². The molecule has 0 saturated carbocycles. The molecule has 0 N–H and O–H groups in total. The number of ether oxygens (including phenoxy) is 1. The highest BCUT2D eigenvalue weighted by atomic mass is 127. The van der Waals surface area contributed by atoms with Crippen LogP contribution in [0, 0.1) is 8.99 Å². The molecule has 3 nitrogen and oxygen atoms in total. The summed E-state index contributed by atoms with van der Waals surface area (Å²) in [7, 11) is 0. The van der Waals surface area contributed by atoms with E-state index >= 15 is 0 Å². The highest BCUT2D eigenvalue weighted by Gasteiger charge is 2.41. The fraction of sp³-hybridized carbons (Fsp3) is 0.438. The van der Waals surface area contributed by atoms with Gasteiger partial charge in [0.2, 0.25) is 0 Å². The number of pyridine rings is 1. The van der Waals surface area contributed by atoms with Gasteiger partial charge in [0.25, 0.3) is 0 Å². The van der Waals surface area contributed by atoms with Crippen LogP contribution in [-0.4, -0.2) is 31.3 Å². The number of benzene rings is 1. The van der Waals surface area contributed by atoms with Gasteiger partial charge in [-0.15, -0.1) is 0 Å². The Morgan fingerprint density at radius 2 is 2.20 bits per heavy atom. The van der Waals surface area contributed by atoms with Crippen molar-refractivity contribution in [2.75, 3.05) is 31.2 Å². The summed E-state index contributed by atoms with van der Waals surface area (Å²) < 4.78 is 6.89. The van der Waals surface area contributed by atoms with E-state index in [1.165, 1.54) is 27.2 Å². The zero-order valence-corrected chi connectivity index (χ0v) is 13.5. The van der Waals surface area contributed by atoms with Crippen molar-refractivity contribution in [2.45, 2.75) is 12.8 Å². The molecule has 0 radical (unpaired) electrons. The van der Waals surface area contributed by atoms with Crippen molar-refractivity contribution in [3.05, 3.63) is 34.0 Å². The SMILES string of the molecule is Ic1ccc2ccnc(N3CCC4(CCOC4)C3)c2c1. The van der Waals surface area contributed by atoms with Crippen molar-refractivity contribution in [1.82, 2.24) is 4.98 Å². The summed E-state index contributed by atoms with van der Waals surface area (Å²) in [6.07, 6.45) is 4.36. The third-order valence-electron chi connectivity index (χ3n) is 4.63. The number of anilines is 1. The monoisotopic (exact) mass is 380 g/mol. The van der Waals surface area contributed by atoms with Gasteiger partial charge in [-0.1, -0.05) is 6.07 Å². The Morgan fingerprint density at radius 3 is 3.05 bits per heavy atom. The molecule has 2 aliphatic heterocycles. The Labute approximate surface area is 132 Å². The Kier molecular flexibility index (Phi) is 3.11. The van der Waals surface area contributed by atoms with E-state index in [1.54, 1.807) is 0 Å². The quantitative estimate of drug-likeness (QED) is 0.709. The maximum absolute atomic E-state index is 5.62. The first-order chi connectivity index (χ1) is 9.76. The van der Waals surface area contributed by atoms with E-state index in [0.29, 0.717) is 5.41 Å². The number of halogens is 1. The number of hydrogen-bond acceptors (Lipinski definition) is 3. The predicted molar refractivity (Wildman–Crippen MR) is 89.2 cm³/mol. The Morgan fingerprint density at radius 1 is 1.25 bits per heavy atom. The summed E-state index contributed by atoms with van der Waals surface area (Å²) >= 11 is 2.37. The van der Waals surface area contributed by atoms with Gasteiger partial charge in [-0.2, -0.15) is 0 Å². The van der Waals surface area contributed by atoms with Crippen LogP contribution in [0.5, 0.6) is 0 Å². The van der Waals surface area contributed by atoms with Crippen LogP contribution >= 0.6 is 22.6 Å². The third-order valence-corrected chi connectivity index (χ3v) is 5.30. The first kappa shape index (κ1) is 12.8. The Hall–Kier alpha value is -0.880. The molecule has 1 atom stereocenters. The summed E-state index contributed by atoms with van der Waals surface area (Å²) in [5.41, 5.74) is 0.381. The minimum Gasteiger partial charge on any atom is -0.381 e. The van der Waals surface area contributed by atoms with E-state index in [2.05, 4.69) is 56.7 Å². The topological polar surface area (TPSA) is 25.4 Å². The van der Waals surface area contributed by atoms with Gasteiger partial charge in [0.1, 0.15) is 5.82 Å². The first-order valence-corrected chi connectivity index (χ1v) is 8.21. The summed E-state index contributed by atoms with van der Waals surface area (Å²) in [6, 6.07) is 8.68. The molecule has 0 bridgehead atoms. The fourth-order valence-corrected chi connectivity index (χ4v) is 3.96. The largest absolute Gasteiger partial charge is 0.381 e. The maximum atomic E-state index is 5.62. The average molecular weight is 380 g/mol. The van der Waals surface area contributed by atoms with Gasteiger partial charge in [0.15, 0.2) is 0 Å². The summed E-state index contributed by atoms with van der Waals surface area (Å²) in [4.78, 5) is 7.12. The molecular weight excluding hydrogens is 363 g/mol. The van der Waals surface area contributed by atoms with Crippen molar-refractivity contribution in [2.24, 2.45) is 5.41 Å². The van der Waals surface area contributed by atoms with E-state index in [1.807, 2.05) is 6.20 Å². The molecule has 2 aliphatic rings. The van der Waals surface area contributed by atoms with Gasteiger partial charge < -0.3 is 9.64 Å². The molecule has 1 aromatic carbocycles. The molecule has 4 rings (SSSR count). The lowest BCUT2D eigenvalue weighted by Gasteiger charge is -2.23. The van der Waals surface area contributed by atoms with Crippen molar-refractivity contribution in [1.29, 1.82) is 0 Å². The second kappa shape index (κ2) is 4.84. The van der Waals surface area contributed by atoms with Gasteiger partial charge in [-0.3, -0.25) is 0 Å². The lowest BCUT2D eigenvalue weighted by molar-refractivity contribution is 0.160. The predicted octanol–water partition coefficient (Wildman–Crippen LogP) is 3.46. The van der Waals surface area contributed by atoms with Gasteiger partial charge in [0, 0.05) is 40.3 Å². The zero-order valence-electron chi connectivity index (χ0n) is 11.3. The molecule has 104 valence electrons. The van der Waals surface area contributed by atoms with Crippen LogP contribution in [-0.2, 0) is 4.74 Å². The summed E-state index contributed by atoms with van der Waals surface area (Å²) in [5.74, 6) is 1.14. The minimum absolute atomic E-state index is 0.381. The standard InChI is InChI=1S/C16H17IN2O/c17-13-2-1-12-3-6-18-15(14(12)9-13)19-7-4-16(10-19)5-8-20-11-16/h1-3,6,9H,4-5,7-8,10-11H2. The van der Waals surface area contributed by atoms with Crippen molar-refractivity contribution in [3.8, 4) is 0 Å². The molecule has 0 amide bonds. The highest BCUT2D eigenvalue weighted by molar-refractivity contribution is 14.1. The molecule has 1 spiro atoms. The fourth-order valence-electron chi connectivity index (χ4n) is 3.46. The van der Waals surface area contributed by atoms with Crippen molar-refractivity contribution < 1.29 is 4.74 Å². The first-order valence-electron chi connectivity index (χ1n) is 7.13. The molecule has 20 heavy (non-hydrogen) atoms. The smallest absolute Gasteiger partial charge is 0.136 e. The van der Waals surface area contributed by atoms with Crippen molar-refractivity contribution >= 4 is 39.2 Å². The molecule has 3 heterocycles. The van der Waals surface area contributed by atoms with E-state index in [0.717, 1.165) is 32.1 Å². The third kappa shape index (κ3) is 2.09. The number of hydrogen-bond donors (Lipinski definition) is 0. The van der Waals surface area contributed by atoms with Crippen LogP contribution in [0.3, 0.4) is 0 Å². The van der Waals surface area contributed by atoms with Crippen LogP contribution in [0.4, 0.5) is 5.82 Å². The van der Waals surface area contributed by atoms with Crippen LogP contribution in [0.2, 0.25) is 0 Å². The molecule has 2 fully saturated rings. The normalized spacial score (nSPS) is 25.9. The van der Waals surface area contributed by atoms with Crippen molar-refractivity contribution in [3.63, 3.8) is 0 Å². The summed E-state index contributed by atoms with van der Waals surface area (Å²) in [5, 5.41) is 2.55. The zero-order chi connectivity index (χ0) is 13.6. The number of rotatable bonds is 1. The van der Waals surface area contributed by atoms with Gasteiger partial charge in [-0.25, -0.2) is 4.98 Å². The van der Waals surface area contributed by atoms with E-state index in [9.17, 15) is 0 Å². The summed E-state index contributed by atoms with van der Waals surface area (Å²) in [6.45, 7) is 4.03. The Bertz CT molecular complexity index is 652. The Balaban J connectivity index is 1.74. The lowest BCUT2D eigenvalue weighted by atomic mass is 9.87. The van der Waals surface area contributed by atoms with Gasteiger partial charge >= 0.3 is 0 Å².